The van der Waals surface area contributed by atoms with E-state index in [0.717, 1.165) is 0 Å². The van der Waals surface area contributed by atoms with Gasteiger partial charge in [0, 0.05) is 43.3 Å². The third kappa shape index (κ3) is 16.8. The minimum absolute atomic E-state index is 0.0217. The number of nitrogens with two attached hydrogens (primary N) is 1. The van der Waals surface area contributed by atoms with Crippen LogP contribution >= 0.6 is 23.1 Å². The fourth-order valence-corrected chi connectivity index (χ4v) is 9.90. The van der Waals surface area contributed by atoms with E-state index < -0.39 is 83.6 Å². The lowest BCUT2D eigenvalue weighted by atomic mass is 9.90. The average Bonchev–Trinajstić information content (AvgIpc) is 4.10. The molecule has 0 aliphatic carbocycles. The quantitative estimate of drug-likeness (QED) is 0.0611. The maximum atomic E-state index is 14.4. The highest BCUT2D eigenvalue weighted by atomic mass is 32.2. The highest BCUT2D eigenvalue weighted by Crippen LogP contribution is 2.32. The number of aromatic nitrogens is 1. The Hall–Kier alpha value is -6.14. The van der Waals surface area contributed by atoms with E-state index in [2.05, 4.69) is 25.9 Å². The number of aliphatic imine (C=N–C) groups is 1. The number of alkyl halides is 3. The maximum absolute atomic E-state index is 14.4. The van der Waals surface area contributed by atoms with Crippen molar-refractivity contribution in [2.24, 2.45) is 16.6 Å². The van der Waals surface area contributed by atoms with Crippen molar-refractivity contribution >= 4 is 91.4 Å². The molecule has 0 saturated carbocycles. The van der Waals surface area contributed by atoms with E-state index in [9.17, 15) is 56.6 Å². The lowest BCUT2D eigenvalue weighted by molar-refractivity contribution is -0.173. The Morgan fingerprint density at radius 1 is 0.957 bits per heavy atom. The van der Waals surface area contributed by atoms with Gasteiger partial charge in [-0.25, -0.2) is 14.6 Å². The molecule has 3 heterocycles. The number of aliphatic carboxylic acids is 1. The molecule has 2 aliphatic rings. The van der Waals surface area contributed by atoms with Crippen LogP contribution in [0.15, 0.2) is 53.5 Å². The summed E-state index contributed by atoms with van der Waals surface area (Å²) in [4.78, 5) is 116. The maximum Gasteiger partial charge on any atom is 0.471 e. The van der Waals surface area contributed by atoms with E-state index in [1.807, 2.05) is 19.0 Å². The van der Waals surface area contributed by atoms with Gasteiger partial charge < -0.3 is 46.6 Å². The molecule has 1 fully saturated rings. The van der Waals surface area contributed by atoms with Gasteiger partial charge in [-0.3, -0.25) is 33.8 Å². The molecule has 1 aromatic heterocycles. The topological polar surface area (TPSA) is 272 Å². The van der Waals surface area contributed by atoms with Gasteiger partial charge in [0.05, 0.1) is 16.3 Å². The SMILES string of the molecule is CN(C)CCCC[C@H](NC(=O)[C@@H]1CCCN1C(=O)[C@H](CCC(N)=O)NC(=O)OCc1ccccc1)C(=O)C[C@@H](CCCCNC(=O)C(F)(F)F)C(=O)Nc1ccc2nc(C3=N[C@@H](C(=O)O)CS3)sc2c1. The number of primary amides is 1. The van der Waals surface area contributed by atoms with Crippen LogP contribution < -0.4 is 27.0 Å². The molecule has 0 bridgehead atoms. The number of likely N-dealkylation sites (tertiary alicyclic amines) is 1. The molecule has 19 nitrogen and oxygen atoms in total. The number of nitrogens with one attached hydrogen (secondary N) is 4. The van der Waals surface area contributed by atoms with Crippen molar-refractivity contribution < 1.29 is 61.4 Å². The Kier molecular flexibility index (Phi) is 20.5. The summed E-state index contributed by atoms with van der Waals surface area (Å²) in [6, 6.07) is 9.40. The molecule has 0 radical (unpaired) electrons. The van der Waals surface area contributed by atoms with Crippen LogP contribution in [-0.2, 0) is 44.9 Å². The van der Waals surface area contributed by atoms with Gasteiger partial charge in [-0.2, -0.15) is 13.2 Å². The molecule has 6 amide bonds. The van der Waals surface area contributed by atoms with Crippen LogP contribution in [-0.4, -0.2) is 142 Å². The van der Waals surface area contributed by atoms with Gasteiger partial charge in [0.1, 0.15) is 28.7 Å². The number of ether oxygens (including phenoxy) is 1. The number of carboxylic acid groups (broad SMARTS) is 1. The largest absolute Gasteiger partial charge is 0.480 e. The standard InChI is InChI=1S/C46H58F3N9O10S2/c1-57(2)21-9-7-14-30(53-39(62)34-15-10-22-58(34)42(63)32(18-19-37(50)60)56-45(67)68-25-27-11-4-3-5-12-27)35(59)23-28(13-6-8-20-51-44(66)46(47,48)49)38(61)52-29-16-17-31-36(24-29)70-41(54-31)40-55-33(26-69-40)43(64)65/h3-5,11-12,16-17,24,28,30,32-34H,6-10,13-15,18-23,25-26H2,1-2H3,(H2,50,60)(H,51,66)(H,52,61)(H,53,62)(H,56,67)(H,64,65)/t28-,30+,32+,33-,34+/m1/s1. The Labute approximate surface area is 410 Å². The van der Waals surface area contributed by atoms with Crippen LogP contribution in [0.2, 0.25) is 0 Å². The summed E-state index contributed by atoms with van der Waals surface area (Å²) in [5, 5.41) is 20.3. The van der Waals surface area contributed by atoms with Gasteiger partial charge in [0.2, 0.25) is 23.6 Å². The molecule has 0 unspecified atom stereocenters. The molecule has 380 valence electrons. The normalized spacial score (nSPS) is 17.1. The number of Topliss-reactive ketones (excluding diaryl/α,β-unsaturated/α-hetero) is 1. The van der Waals surface area contributed by atoms with Crippen LogP contribution in [0.4, 0.5) is 23.7 Å². The zero-order chi connectivity index (χ0) is 51.0. The van der Waals surface area contributed by atoms with Crippen LogP contribution in [0.3, 0.4) is 0 Å². The molecule has 7 N–H and O–H groups in total. The fourth-order valence-electron chi connectivity index (χ4n) is 7.80. The number of anilines is 1. The summed E-state index contributed by atoms with van der Waals surface area (Å²) in [6.07, 6.45) is -4.66. The third-order valence-corrected chi connectivity index (χ3v) is 13.7. The predicted molar refractivity (Wildman–Crippen MR) is 256 cm³/mol. The molecule has 70 heavy (non-hydrogen) atoms. The number of alkyl carbamates (subject to hydrolysis) is 1. The average molecular weight is 1020 g/mol. The number of ketones is 1. The smallest absolute Gasteiger partial charge is 0.471 e. The molecule has 2 aliphatic heterocycles. The zero-order valence-electron chi connectivity index (χ0n) is 38.8. The summed E-state index contributed by atoms with van der Waals surface area (Å²) >= 11 is 2.52. The second-order valence-electron chi connectivity index (χ2n) is 17.2. The van der Waals surface area contributed by atoms with Crippen LogP contribution in [0.5, 0.6) is 0 Å². The van der Waals surface area contributed by atoms with Crippen LogP contribution in [0, 0.1) is 5.92 Å². The number of hydrogen-bond donors (Lipinski definition) is 6. The number of benzene rings is 2. The first-order chi connectivity index (χ1) is 33.3. The number of unbranched alkanes of at least 4 members (excludes halogenated alkanes) is 2. The molecular formula is C46H58F3N9O10S2. The van der Waals surface area contributed by atoms with Crippen LogP contribution in [0.1, 0.15) is 81.2 Å². The van der Waals surface area contributed by atoms with Gasteiger partial charge in [-0.15, -0.1) is 23.1 Å². The molecular weight excluding hydrogens is 960 g/mol. The van der Waals surface area contributed by atoms with Crippen molar-refractivity contribution in [2.75, 3.05) is 44.8 Å². The Balaban J connectivity index is 1.31. The van der Waals surface area contributed by atoms with Gasteiger partial charge in [0.25, 0.3) is 0 Å². The fraction of sp³-hybridized carbons (Fsp3) is 0.522. The molecule has 5 rings (SSSR count). The summed E-state index contributed by atoms with van der Waals surface area (Å²) < 4.78 is 44.5. The Bertz CT molecular complexity index is 2390. The van der Waals surface area contributed by atoms with Crippen molar-refractivity contribution in [3.63, 3.8) is 0 Å². The number of carboxylic acids is 1. The van der Waals surface area contributed by atoms with E-state index in [1.165, 1.54) is 28.0 Å². The number of carbonyl (C=O) groups excluding carboxylic acids is 7. The summed E-state index contributed by atoms with van der Waals surface area (Å²) in [6.45, 7) is 0.371. The second kappa shape index (κ2) is 26.2. The van der Waals surface area contributed by atoms with E-state index in [-0.39, 0.29) is 76.8 Å². The van der Waals surface area contributed by atoms with E-state index >= 15 is 0 Å². The number of halogens is 3. The van der Waals surface area contributed by atoms with Crippen molar-refractivity contribution in [1.82, 2.24) is 30.7 Å². The van der Waals surface area contributed by atoms with Crippen molar-refractivity contribution in [2.45, 2.75) is 108 Å². The first-order valence-corrected chi connectivity index (χ1v) is 24.6. The van der Waals surface area contributed by atoms with Gasteiger partial charge in [-0.05, 0) is 95.8 Å². The first kappa shape index (κ1) is 54.8. The zero-order valence-corrected chi connectivity index (χ0v) is 40.4. The predicted octanol–water partition coefficient (Wildman–Crippen LogP) is 4.37. The van der Waals surface area contributed by atoms with Crippen LogP contribution in [0.25, 0.3) is 10.2 Å². The molecule has 1 saturated heterocycles. The molecule has 2 aromatic carbocycles. The molecule has 0 spiro atoms. The number of thioether (sulfide) groups is 1. The lowest BCUT2D eigenvalue weighted by Crippen LogP contribution is -2.55. The van der Waals surface area contributed by atoms with Crippen molar-refractivity contribution in [3.8, 4) is 0 Å². The second-order valence-corrected chi connectivity index (χ2v) is 19.3. The summed E-state index contributed by atoms with van der Waals surface area (Å²) in [5.41, 5.74) is 7.00. The number of amides is 6. The third-order valence-electron chi connectivity index (χ3n) is 11.5. The number of rotatable bonds is 26. The highest BCUT2D eigenvalue weighted by molar-refractivity contribution is 8.15. The Morgan fingerprint density at radius 2 is 1.70 bits per heavy atom. The van der Waals surface area contributed by atoms with Gasteiger partial charge in [-0.1, -0.05) is 36.8 Å². The monoisotopic (exact) mass is 1020 g/mol. The summed E-state index contributed by atoms with van der Waals surface area (Å²) in [5.74, 6) is -7.02. The molecule has 5 atom stereocenters. The minimum atomic E-state index is -5.08. The van der Waals surface area contributed by atoms with E-state index in [0.29, 0.717) is 57.3 Å². The number of thiazole rings is 1. The number of carbonyl (C=O) groups is 8. The van der Waals surface area contributed by atoms with E-state index in [1.54, 1.807) is 53.8 Å². The number of fused-ring (bicyclic) bond motifs is 1. The lowest BCUT2D eigenvalue weighted by Gasteiger charge is -2.30. The van der Waals surface area contributed by atoms with Crippen molar-refractivity contribution in [1.29, 1.82) is 0 Å². The number of nitrogens with zero attached hydrogens (tertiary/aromatic N) is 4. The molecule has 24 heteroatoms. The Morgan fingerprint density at radius 3 is 2.39 bits per heavy atom. The highest BCUT2D eigenvalue weighted by Gasteiger charge is 2.40. The van der Waals surface area contributed by atoms with E-state index in [4.69, 9.17) is 10.5 Å². The van der Waals surface area contributed by atoms with Crippen molar-refractivity contribution in [3.05, 3.63) is 59.1 Å². The summed E-state index contributed by atoms with van der Waals surface area (Å²) in [7, 11) is 3.77. The number of hydrogen-bond acceptors (Lipinski definition) is 14. The van der Waals surface area contributed by atoms with Gasteiger partial charge in [0.15, 0.2) is 11.8 Å². The minimum Gasteiger partial charge on any atom is -0.480 e. The van der Waals surface area contributed by atoms with Gasteiger partial charge >= 0.3 is 24.1 Å². The first-order valence-electron chi connectivity index (χ1n) is 22.8. The molecule has 3 aromatic rings.